The molecule has 1 fully saturated rings. The van der Waals surface area contributed by atoms with Gasteiger partial charge in [-0.2, -0.15) is 0 Å². The maximum Gasteiger partial charge on any atom is 0.248 e. The minimum atomic E-state index is -0.347. The number of carbonyl (C=O) groups excluding carboxylic acids is 1. The van der Waals surface area contributed by atoms with Crippen LogP contribution in [0.1, 0.15) is 11.1 Å². The second-order valence-corrected chi connectivity index (χ2v) is 7.64. The highest BCUT2D eigenvalue weighted by Crippen LogP contribution is 2.20. The molecule has 1 heterocycles. The highest BCUT2D eigenvalue weighted by Gasteiger charge is 2.17. The van der Waals surface area contributed by atoms with E-state index < -0.39 is 0 Å². The number of anilines is 2. The number of rotatable bonds is 6. The van der Waals surface area contributed by atoms with E-state index in [0.29, 0.717) is 5.56 Å². The fourth-order valence-corrected chi connectivity index (χ4v) is 3.72. The molecular formula is C26H26FN3O. The maximum atomic E-state index is 13.6. The van der Waals surface area contributed by atoms with Gasteiger partial charge in [0.1, 0.15) is 5.82 Å². The summed E-state index contributed by atoms with van der Waals surface area (Å²) in [6.07, 6.45) is 2.83. The number of amides is 1. The number of piperazine rings is 1. The van der Waals surface area contributed by atoms with E-state index in [1.165, 1.54) is 23.8 Å². The molecule has 1 N–H and O–H groups in total. The third kappa shape index (κ3) is 5.80. The van der Waals surface area contributed by atoms with Gasteiger partial charge in [-0.05, 0) is 42.0 Å². The molecule has 158 valence electrons. The molecule has 0 aliphatic carbocycles. The van der Waals surface area contributed by atoms with Gasteiger partial charge in [-0.1, -0.05) is 48.5 Å². The predicted octanol–water partition coefficient (Wildman–Crippen LogP) is 4.80. The second kappa shape index (κ2) is 10.0. The number of nitrogens with zero attached hydrogens (tertiary/aromatic N) is 2. The van der Waals surface area contributed by atoms with Crippen molar-refractivity contribution in [1.29, 1.82) is 0 Å². The van der Waals surface area contributed by atoms with Crippen molar-refractivity contribution in [2.45, 2.75) is 6.54 Å². The average molecular weight is 416 g/mol. The van der Waals surface area contributed by atoms with Crippen LogP contribution in [-0.2, 0) is 11.3 Å². The van der Waals surface area contributed by atoms with Gasteiger partial charge in [-0.15, -0.1) is 0 Å². The molecule has 4 nitrogen and oxygen atoms in total. The van der Waals surface area contributed by atoms with Crippen molar-refractivity contribution in [3.8, 4) is 0 Å². The van der Waals surface area contributed by atoms with Crippen molar-refractivity contribution in [2.24, 2.45) is 0 Å². The molecule has 1 amide bonds. The highest BCUT2D eigenvalue weighted by molar-refractivity contribution is 6.02. The summed E-state index contributed by atoms with van der Waals surface area (Å²) in [6.45, 7) is 4.98. The van der Waals surface area contributed by atoms with Gasteiger partial charge in [-0.3, -0.25) is 9.69 Å². The van der Waals surface area contributed by atoms with Crippen molar-refractivity contribution in [2.75, 3.05) is 36.4 Å². The molecule has 4 rings (SSSR count). The van der Waals surface area contributed by atoms with Gasteiger partial charge in [0, 0.05) is 55.7 Å². The Morgan fingerprint density at radius 2 is 1.55 bits per heavy atom. The molecular weight excluding hydrogens is 389 g/mol. The first-order chi connectivity index (χ1) is 15.2. The van der Waals surface area contributed by atoms with Crippen LogP contribution in [0, 0.1) is 5.82 Å². The SMILES string of the molecule is O=C(/C=C/c1ccccc1F)Nc1ccc(N2CCN(Cc3ccccc3)CC2)cc1. The fourth-order valence-electron chi connectivity index (χ4n) is 3.72. The Bertz CT molecular complexity index is 1030. The van der Waals surface area contributed by atoms with Crippen LogP contribution in [0.25, 0.3) is 6.08 Å². The number of benzene rings is 3. The standard InChI is InChI=1S/C26H26FN3O/c27-25-9-5-4-8-22(25)10-15-26(31)28-23-11-13-24(14-12-23)30-18-16-29(17-19-30)20-21-6-2-1-3-7-21/h1-15H,16-20H2,(H,28,31)/b15-10+. The van der Waals surface area contributed by atoms with Crippen LogP contribution in [0.2, 0.25) is 0 Å². The van der Waals surface area contributed by atoms with Gasteiger partial charge in [-0.25, -0.2) is 4.39 Å². The van der Waals surface area contributed by atoms with Crippen molar-refractivity contribution >= 4 is 23.4 Å². The van der Waals surface area contributed by atoms with E-state index in [2.05, 4.69) is 39.4 Å². The molecule has 0 saturated carbocycles. The summed E-state index contributed by atoms with van der Waals surface area (Å²) >= 11 is 0. The van der Waals surface area contributed by atoms with Crippen molar-refractivity contribution in [3.05, 3.63) is 102 Å². The number of halogens is 1. The first-order valence-corrected chi connectivity index (χ1v) is 10.5. The molecule has 31 heavy (non-hydrogen) atoms. The highest BCUT2D eigenvalue weighted by atomic mass is 19.1. The minimum Gasteiger partial charge on any atom is -0.369 e. The predicted molar refractivity (Wildman–Crippen MR) is 124 cm³/mol. The van der Waals surface area contributed by atoms with E-state index in [9.17, 15) is 9.18 Å². The molecule has 0 spiro atoms. The lowest BCUT2D eigenvalue weighted by Crippen LogP contribution is -2.45. The average Bonchev–Trinajstić information content (AvgIpc) is 2.80. The molecule has 3 aromatic carbocycles. The zero-order valence-corrected chi connectivity index (χ0v) is 17.4. The quantitative estimate of drug-likeness (QED) is 0.588. The summed E-state index contributed by atoms with van der Waals surface area (Å²) in [7, 11) is 0. The van der Waals surface area contributed by atoms with Gasteiger partial charge < -0.3 is 10.2 Å². The summed E-state index contributed by atoms with van der Waals surface area (Å²) in [4.78, 5) is 17.0. The molecule has 1 aliphatic rings. The minimum absolute atomic E-state index is 0.287. The summed E-state index contributed by atoms with van der Waals surface area (Å²) in [5.74, 6) is -0.634. The molecule has 1 aliphatic heterocycles. The van der Waals surface area contributed by atoms with Crippen LogP contribution in [-0.4, -0.2) is 37.0 Å². The number of hydrogen-bond donors (Lipinski definition) is 1. The Kier molecular flexibility index (Phi) is 6.75. The first-order valence-electron chi connectivity index (χ1n) is 10.5. The number of hydrogen-bond acceptors (Lipinski definition) is 3. The van der Waals surface area contributed by atoms with Crippen molar-refractivity contribution < 1.29 is 9.18 Å². The third-order valence-corrected chi connectivity index (χ3v) is 5.44. The second-order valence-electron chi connectivity index (χ2n) is 7.64. The lowest BCUT2D eigenvalue weighted by Gasteiger charge is -2.36. The zero-order valence-electron chi connectivity index (χ0n) is 17.4. The molecule has 0 unspecified atom stereocenters. The molecule has 5 heteroatoms. The number of carbonyl (C=O) groups is 1. The summed E-state index contributed by atoms with van der Waals surface area (Å²) in [5, 5.41) is 2.82. The maximum absolute atomic E-state index is 13.6. The Hall–Kier alpha value is -3.44. The molecule has 0 aromatic heterocycles. The Balaban J connectivity index is 1.27. The van der Waals surface area contributed by atoms with Crippen LogP contribution < -0.4 is 10.2 Å². The fraction of sp³-hybridized carbons (Fsp3) is 0.192. The zero-order chi connectivity index (χ0) is 21.5. The number of nitrogens with one attached hydrogen (secondary N) is 1. The molecule has 3 aromatic rings. The Morgan fingerprint density at radius 1 is 0.871 bits per heavy atom. The molecule has 0 bridgehead atoms. The lowest BCUT2D eigenvalue weighted by molar-refractivity contribution is -0.111. The van der Waals surface area contributed by atoms with Crippen molar-refractivity contribution in [1.82, 2.24) is 4.90 Å². The summed E-state index contributed by atoms with van der Waals surface area (Å²) in [6, 6.07) is 24.8. The smallest absolute Gasteiger partial charge is 0.248 e. The first kappa shape index (κ1) is 20.8. The summed E-state index contributed by atoms with van der Waals surface area (Å²) in [5.41, 5.74) is 3.61. The van der Waals surface area contributed by atoms with E-state index in [0.717, 1.165) is 44.1 Å². The molecule has 0 atom stereocenters. The van der Waals surface area contributed by atoms with Crippen LogP contribution >= 0.6 is 0 Å². The topological polar surface area (TPSA) is 35.6 Å². The third-order valence-electron chi connectivity index (χ3n) is 5.44. The van der Waals surface area contributed by atoms with Crippen LogP contribution in [0.4, 0.5) is 15.8 Å². The lowest BCUT2D eigenvalue weighted by atomic mass is 10.2. The van der Waals surface area contributed by atoms with Crippen molar-refractivity contribution in [3.63, 3.8) is 0 Å². The van der Waals surface area contributed by atoms with E-state index in [1.807, 2.05) is 30.3 Å². The van der Waals surface area contributed by atoms with Gasteiger partial charge in [0.15, 0.2) is 0 Å². The van der Waals surface area contributed by atoms with Crippen LogP contribution in [0.3, 0.4) is 0 Å². The molecule has 0 radical (unpaired) electrons. The van der Waals surface area contributed by atoms with Gasteiger partial charge in [0.25, 0.3) is 0 Å². The summed E-state index contributed by atoms with van der Waals surface area (Å²) < 4.78 is 13.6. The van der Waals surface area contributed by atoms with Gasteiger partial charge in [0.2, 0.25) is 5.91 Å². The van der Waals surface area contributed by atoms with E-state index in [1.54, 1.807) is 18.2 Å². The molecule has 1 saturated heterocycles. The Labute approximate surface area is 182 Å². The van der Waals surface area contributed by atoms with Crippen LogP contribution in [0.5, 0.6) is 0 Å². The van der Waals surface area contributed by atoms with E-state index in [-0.39, 0.29) is 11.7 Å². The normalized spacial score (nSPS) is 14.7. The van der Waals surface area contributed by atoms with E-state index >= 15 is 0 Å². The largest absolute Gasteiger partial charge is 0.369 e. The van der Waals surface area contributed by atoms with Crippen LogP contribution in [0.15, 0.2) is 84.9 Å². The Morgan fingerprint density at radius 3 is 2.26 bits per heavy atom. The van der Waals surface area contributed by atoms with Gasteiger partial charge in [0.05, 0.1) is 0 Å². The monoisotopic (exact) mass is 415 g/mol. The van der Waals surface area contributed by atoms with Gasteiger partial charge >= 0.3 is 0 Å². The van der Waals surface area contributed by atoms with E-state index in [4.69, 9.17) is 0 Å².